The number of hydrogen-bond donors (Lipinski definition) is 1. The molecule has 7 heteroatoms. The lowest BCUT2D eigenvalue weighted by Gasteiger charge is -2.31. The topological polar surface area (TPSA) is 51.1 Å². The minimum absolute atomic E-state index is 0.0841. The number of nitrogens with zero attached hydrogens (tertiary/aromatic N) is 1. The molecule has 2 rings (SSSR count). The molecule has 0 unspecified atom stereocenters. The minimum Gasteiger partial charge on any atom is -0.348 e. The molecule has 0 aliphatic heterocycles. The van der Waals surface area contributed by atoms with Crippen molar-refractivity contribution >= 4 is 11.7 Å². The Balaban J connectivity index is 2.04. The van der Waals surface area contributed by atoms with Crippen molar-refractivity contribution in [3.63, 3.8) is 0 Å². The number of ketones is 1. The maximum atomic E-state index is 12.8. The first kappa shape index (κ1) is 16.6. The minimum atomic E-state index is -4.21. The summed E-state index contributed by atoms with van der Waals surface area (Å²) in [4.78, 5) is 23.5. The van der Waals surface area contributed by atoms with Crippen LogP contribution in [0.25, 0.3) is 0 Å². The molecule has 0 spiro atoms. The summed E-state index contributed by atoms with van der Waals surface area (Å²) in [5, 5.41) is 2.66. The highest BCUT2D eigenvalue weighted by Crippen LogP contribution is 2.37. The second-order valence-electron chi connectivity index (χ2n) is 5.86. The summed E-state index contributed by atoms with van der Waals surface area (Å²) in [7, 11) is 1.63. The second-order valence-corrected chi connectivity index (χ2v) is 5.86. The van der Waals surface area contributed by atoms with Crippen LogP contribution in [0.4, 0.5) is 13.2 Å². The molecule has 1 amide bonds. The van der Waals surface area contributed by atoms with E-state index in [0.29, 0.717) is 18.4 Å². The Morgan fingerprint density at radius 2 is 2.00 bits per heavy atom. The first-order chi connectivity index (χ1) is 10.2. The molecule has 1 aromatic heterocycles. The fourth-order valence-electron chi connectivity index (χ4n) is 2.86. The molecule has 1 aromatic rings. The smallest absolute Gasteiger partial charge is 0.348 e. The molecule has 0 radical (unpaired) electrons. The van der Waals surface area contributed by atoms with Crippen molar-refractivity contribution in [3.05, 3.63) is 23.5 Å². The highest BCUT2D eigenvalue weighted by Gasteiger charge is 2.42. The average Bonchev–Trinajstić information content (AvgIpc) is 2.80. The van der Waals surface area contributed by atoms with Crippen LogP contribution in [0, 0.1) is 5.92 Å². The lowest BCUT2D eigenvalue weighted by Crippen LogP contribution is -2.42. The third-order valence-corrected chi connectivity index (χ3v) is 4.12. The highest BCUT2D eigenvalue weighted by molar-refractivity contribution is 5.99. The predicted octanol–water partition coefficient (Wildman–Crippen LogP) is 3.08. The van der Waals surface area contributed by atoms with Gasteiger partial charge in [0.25, 0.3) is 5.91 Å². The summed E-state index contributed by atoms with van der Waals surface area (Å²) in [5.74, 6) is -1.96. The zero-order valence-corrected chi connectivity index (χ0v) is 12.5. The van der Waals surface area contributed by atoms with E-state index in [9.17, 15) is 22.8 Å². The van der Waals surface area contributed by atoms with E-state index in [1.807, 2.05) is 0 Å². The largest absolute Gasteiger partial charge is 0.391 e. The quantitative estimate of drug-likeness (QED) is 0.871. The van der Waals surface area contributed by atoms with Crippen molar-refractivity contribution in [1.29, 1.82) is 0 Å². The Hall–Kier alpha value is -1.79. The third kappa shape index (κ3) is 3.69. The SMILES string of the molecule is CC(=O)c1cc(C(=O)N[C@@H]2CCC[C@@H](C(F)(F)F)C2)n(C)c1. The summed E-state index contributed by atoms with van der Waals surface area (Å²) in [6, 6.07) is 0.977. The van der Waals surface area contributed by atoms with Gasteiger partial charge in [-0.15, -0.1) is 0 Å². The molecule has 1 aliphatic carbocycles. The van der Waals surface area contributed by atoms with Gasteiger partial charge < -0.3 is 9.88 Å². The number of hydrogen-bond acceptors (Lipinski definition) is 2. The number of Topliss-reactive ketones (excluding diaryl/α,β-unsaturated/α-hetero) is 1. The highest BCUT2D eigenvalue weighted by atomic mass is 19.4. The fourth-order valence-corrected chi connectivity index (χ4v) is 2.86. The molecule has 1 N–H and O–H groups in total. The molecule has 0 saturated heterocycles. The Morgan fingerprint density at radius 3 is 2.55 bits per heavy atom. The van der Waals surface area contributed by atoms with Crippen LogP contribution >= 0.6 is 0 Å². The molecule has 1 aliphatic rings. The summed E-state index contributed by atoms with van der Waals surface area (Å²) in [6.07, 6.45) is -1.65. The lowest BCUT2D eigenvalue weighted by atomic mass is 9.85. The zero-order valence-electron chi connectivity index (χ0n) is 12.5. The lowest BCUT2D eigenvalue weighted by molar-refractivity contribution is -0.183. The van der Waals surface area contributed by atoms with Crippen LogP contribution in [-0.2, 0) is 7.05 Å². The number of nitrogens with one attached hydrogen (secondary N) is 1. The Labute approximate surface area is 126 Å². The van der Waals surface area contributed by atoms with Crippen LogP contribution in [0.2, 0.25) is 0 Å². The van der Waals surface area contributed by atoms with Crippen LogP contribution in [0.1, 0.15) is 53.5 Å². The number of carbonyl (C=O) groups is 2. The van der Waals surface area contributed by atoms with Gasteiger partial charge in [-0.2, -0.15) is 13.2 Å². The number of carbonyl (C=O) groups excluding carboxylic acids is 2. The molecule has 1 saturated carbocycles. The van der Waals surface area contributed by atoms with Crippen LogP contribution in [0.5, 0.6) is 0 Å². The van der Waals surface area contributed by atoms with Crippen molar-refractivity contribution < 1.29 is 22.8 Å². The normalized spacial score (nSPS) is 22.4. The summed E-state index contributed by atoms with van der Waals surface area (Å²) in [5.41, 5.74) is 0.684. The van der Waals surface area contributed by atoms with Crippen molar-refractivity contribution in [2.24, 2.45) is 13.0 Å². The maximum absolute atomic E-state index is 12.8. The summed E-state index contributed by atoms with van der Waals surface area (Å²) in [6.45, 7) is 1.39. The van der Waals surface area contributed by atoms with E-state index in [4.69, 9.17) is 0 Å². The van der Waals surface area contributed by atoms with Crippen molar-refractivity contribution in [3.8, 4) is 0 Å². The predicted molar refractivity (Wildman–Crippen MR) is 74.7 cm³/mol. The van der Waals surface area contributed by atoms with Gasteiger partial charge in [0, 0.05) is 24.8 Å². The molecule has 2 atom stereocenters. The Bertz CT molecular complexity index is 578. The zero-order chi connectivity index (χ0) is 16.5. The molecule has 1 heterocycles. The maximum Gasteiger partial charge on any atom is 0.391 e. The molecular weight excluding hydrogens is 297 g/mol. The molecule has 22 heavy (non-hydrogen) atoms. The molecular formula is C15H19F3N2O2. The molecule has 4 nitrogen and oxygen atoms in total. The van der Waals surface area contributed by atoms with E-state index in [-0.39, 0.29) is 24.3 Å². The van der Waals surface area contributed by atoms with E-state index in [2.05, 4.69) is 5.32 Å². The van der Waals surface area contributed by atoms with Gasteiger partial charge in [-0.05, 0) is 32.3 Å². The number of aryl methyl sites for hydroxylation is 1. The average molecular weight is 316 g/mol. The Morgan fingerprint density at radius 1 is 1.32 bits per heavy atom. The van der Waals surface area contributed by atoms with Gasteiger partial charge in [0.1, 0.15) is 5.69 Å². The van der Waals surface area contributed by atoms with E-state index in [1.165, 1.54) is 23.8 Å². The first-order valence-electron chi connectivity index (χ1n) is 7.23. The number of alkyl halides is 3. The van der Waals surface area contributed by atoms with Crippen LogP contribution in [0.15, 0.2) is 12.3 Å². The van der Waals surface area contributed by atoms with Gasteiger partial charge in [0.15, 0.2) is 5.78 Å². The monoisotopic (exact) mass is 316 g/mol. The summed E-state index contributed by atoms with van der Waals surface area (Å²) < 4.78 is 39.8. The molecule has 122 valence electrons. The third-order valence-electron chi connectivity index (χ3n) is 4.12. The van der Waals surface area contributed by atoms with Crippen molar-refractivity contribution in [1.82, 2.24) is 9.88 Å². The van der Waals surface area contributed by atoms with Crippen LogP contribution in [0.3, 0.4) is 0 Å². The van der Waals surface area contributed by atoms with Crippen molar-refractivity contribution in [2.75, 3.05) is 0 Å². The Kier molecular flexibility index (Phi) is 4.63. The fraction of sp³-hybridized carbons (Fsp3) is 0.600. The number of amides is 1. The number of halogens is 3. The molecule has 1 fully saturated rings. The van der Waals surface area contributed by atoms with Gasteiger partial charge in [0.05, 0.1) is 5.92 Å². The van der Waals surface area contributed by atoms with E-state index >= 15 is 0 Å². The van der Waals surface area contributed by atoms with E-state index in [1.54, 1.807) is 7.05 Å². The van der Waals surface area contributed by atoms with Gasteiger partial charge >= 0.3 is 6.18 Å². The summed E-state index contributed by atoms with van der Waals surface area (Å²) >= 11 is 0. The number of aromatic nitrogens is 1. The van der Waals surface area contributed by atoms with Crippen LogP contribution in [-0.4, -0.2) is 28.5 Å². The van der Waals surface area contributed by atoms with Crippen LogP contribution < -0.4 is 5.32 Å². The van der Waals surface area contributed by atoms with E-state index in [0.717, 1.165) is 0 Å². The van der Waals surface area contributed by atoms with Crippen molar-refractivity contribution in [2.45, 2.75) is 44.8 Å². The van der Waals surface area contributed by atoms with Gasteiger partial charge in [-0.1, -0.05) is 6.42 Å². The van der Waals surface area contributed by atoms with E-state index < -0.39 is 24.0 Å². The van der Waals surface area contributed by atoms with Gasteiger partial charge in [-0.25, -0.2) is 0 Å². The number of rotatable bonds is 3. The molecule has 0 bridgehead atoms. The second kappa shape index (κ2) is 6.14. The van der Waals surface area contributed by atoms with Gasteiger partial charge in [-0.3, -0.25) is 9.59 Å². The standard InChI is InChI=1S/C15H19F3N2O2/c1-9(21)10-6-13(20(2)8-10)14(22)19-12-5-3-4-11(7-12)15(16,17)18/h6,8,11-12H,3-5,7H2,1-2H3,(H,19,22)/t11-,12-/m1/s1. The molecule has 0 aromatic carbocycles. The van der Waals surface area contributed by atoms with Gasteiger partial charge in [0.2, 0.25) is 0 Å². The first-order valence-corrected chi connectivity index (χ1v) is 7.23.